The van der Waals surface area contributed by atoms with Crippen molar-refractivity contribution in [1.82, 2.24) is 4.57 Å². The third-order valence-corrected chi connectivity index (χ3v) is 7.22. The predicted octanol–water partition coefficient (Wildman–Crippen LogP) is 2.77. The highest BCUT2D eigenvalue weighted by Crippen LogP contribution is 2.47. The lowest BCUT2D eigenvalue weighted by Crippen LogP contribution is -2.32. The number of pyridine rings is 1. The van der Waals surface area contributed by atoms with Crippen molar-refractivity contribution in [3.8, 4) is 0 Å². The zero-order valence-electron chi connectivity index (χ0n) is 17.9. The molecule has 1 atom stereocenters. The summed E-state index contributed by atoms with van der Waals surface area (Å²) in [6.45, 7) is 1.98. The summed E-state index contributed by atoms with van der Waals surface area (Å²) in [6, 6.07) is 6.18. The summed E-state index contributed by atoms with van der Waals surface area (Å²) in [7, 11) is -2.17. The lowest BCUT2D eigenvalue weighted by molar-refractivity contribution is 0.568. The van der Waals surface area contributed by atoms with Crippen LogP contribution in [-0.2, 0) is 17.1 Å². The van der Waals surface area contributed by atoms with Gasteiger partial charge in [0, 0.05) is 36.8 Å². The molecule has 2 aliphatic heterocycles. The smallest absolute Gasteiger partial charge is 0.260 e. The lowest BCUT2D eigenvalue weighted by Gasteiger charge is -2.31. The summed E-state index contributed by atoms with van der Waals surface area (Å²) < 4.78 is 58.3. The number of aryl methyl sites for hydroxylation is 1. The normalized spacial score (nSPS) is 17.6. The first-order valence-corrected chi connectivity index (χ1v) is 12.0. The van der Waals surface area contributed by atoms with Crippen LogP contribution in [0.1, 0.15) is 24.9 Å². The molecular formula is C22H21F2N5O3S. The van der Waals surface area contributed by atoms with Gasteiger partial charge in [0.25, 0.3) is 15.6 Å². The Morgan fingerprint density at radius 1 is 1.21 bits per heavy atom. The molecular weight excluding hydrogens is 452 g/mol. The van der Waals surface area contributed by atoms with E-state index in [0.717, 1.165) is 6.07 Å². The van der Waals surface area contributed by atoms with E-state index in [4.69, 9.17) is 0 Å². The van der Waals surface area contributed by atoms with Crippen LogP contribution < -0.4 is 26.7 Å². The zero-order valence-corrected chi connectivity index (χ0v) is 18.7. The molecule has 1 unspecified atom stereocenters. The Labute approximate surface area is 188 Å². The fraction of sp³-hybridized carbons (Fsp3) is 0.273. The predicted molar refractivity (Wildman–Crippen MR) is 123 cm³/mol. The molecule has 33 heavy (non-hydrogen) atoms. The molecule has 0 bridgehead atoms. The molecule has 3 aromatic rings. The van der Waals surface area contributed by atoms with Gasteiger partial charge in [-0.15, -0.1) is 0 Å². The summed E-state index contributed by atoms with van der Waals surface area (Å²) in [4.78, 5) is 13.2. The largest absolute Gasteiger partial charge is 0.384 e. The first-order chi connectivity index (χ1) is 15.7. The molecule has 2 N–H and O–H groups in total. The molecule has 0 fully saturated rings. The van der Waals surface area contributed by atoms with Gasteiger partial charge in [-0.05, 0) is 37.6 Å². The molecule has 11 heteroatoms. The molecule has 8 nitrogen and oxygen atoms in total. The van der Waals surface area contributed by atoms with Crippen LogP contribution in [-0.4, -0.2) is 25.3 Å². The fourth-order valence-corrected chi connectivity index (χ4v) is 4.99. The number of nitrogens with one attached hydrogen (secondary N) is 2. The Morgan fingerprint density at radius 3 is 2.73 bits per heavy atom. The lowest BCUT2D eigenvalue weighted by atomic mass is 9.97. The van der Waals surface area contributed by atoms with Crippen LogP contribution in [0.25, 0.3) is 10.8 Å². The second kappa shape index (κ2) is 7.55. The van der Waals surface area contributed by atoms with E-state index in [1.54, 1.807) is 30.4 Å². The number of rotatable bonds is 3. The Balaban J connectivity index is 1.88. The number of sulfonamides is 1. The van der Waals surface area contributed by atoms with Crippen LogP contribution in [0, 0.1) is 11.6 Å². The van der Waals surface area contributed by atoms with Gasteiger partial charge in [-0.1, -0.05) is 0 Å². The average molecular weight is 474 g/mol. The van der Waals surface area contributed by atoms with Crippen LogP contribution in [0.5, 0.6) is 0 Å². The number of hydrogen-bond acceptors (Lipinski definition) is 6. The number of aromatic nitrogens is 1. The minimum Gasteiger partial charge on any atom is -0.384 e. The number of halogens is 2. The maximum absolute atomic E-state index is 14.7. The van der Waals surface area contributed by atoms with Crippen molar-refractivity contribution in [2.45, 2.75) is 19.4 Å². The molecule has 2 aliphatic rings. The number of nitrogens with zero attached hydrogens (tertiary/aromatic N) is 3. The van der Waals surface area contributed by atoms with Gasteiger partial charge in [0.05, 0.1) is 39.6 Å². The van der Waals surface area contributed by atoms with Gasteiger partial charge in [0.15, 0.2) is 5.82 Å². The van der Waals surface area contributed by atoms with Gasteiger partial charge >= 0.3 is 0 Å². The molecule has 3 heterocycles. The fourth-order valence-electron chi connectivity index (χ4n) is 4.41. The molecule has 0 saturated carbocycles. The summed E-state index contributed by atoms with van der Waals surface area (Å²) >= 11 is 0. The van der Waals surface area contributed by atoms with E-state index in [0.29, 0.717) is 40.7 Å². The van der Waals surface area contributed by atoms with Crippen LogP contribution >= 0.6 is 0 Å². The summed E-state index contributed by atoms with van der Waals surface area (Å²) in [5.41, 5.74) is 4.71. The van der Waals surface area contributed by atoms with E-state index >= 15 is 0 Å². The van der Waals surface area contributed by atoms with Crippen molar-refractivity contribution in [2.24, 2.45) is 11.4 Å². The van der Waals surface area contributed by atoms with Gasteiger partial charge < -0.3 is 9.88 Å². The molecule has 0 aliphatic carbocycles. The van der Waals surface area contributed by atoms with Crippen LogP contribution in [0.4, 0.5) is 25.8 Å². The summed E-state index contributed by atoms with van der Waals surface area (Å²) in [5.74, 6) is -1.63. The summed E-state index contributed by atoms with van der Waals surface area (Å²) in [5, 5.41) is 5.68. The van der Waals surface area contributed by atoms with E-state index in [-0.39, 0.29) is 28.4 Å². The SMILES string of the molecule is CCS(=O)(=O)N=c1cc2c3c(c4c(=O)n(C)ccc14)NCCC3N(c1ccc(F)cc1F)N2. The number of hydrogen-bond donors (Lipinski definition) is 2. The molecule has 0 saturated heterocycles. The number of anilines is 3. The Bertz CT molecular complexity index is 1550. The minimum atomic E-state index is -3.78. The number of benzene rings is 1. The average Bonchev–Trinajstić information content (AvgIpc) is 3.07. The third-order valence-electron chi connectivity index (χ3n) is 6.01. The molecule has 172 valence electrons. The van der Waals surface area contributed by atoms with Crippen molar-refractivity contribution in [3.63, 3.8) is 0 Å². The number of hydrazine groups is 1. The van der Waals surface area contributed by atoms with Crippen molar-refractivity contribution < 1.29 is 17.2 Å². The minimum absolute atomic E-state index is 0.114. The maximum Gasteiger partial charge on any atom is 0.260 e. The molecule has 2 aromatic carbocycles. The van der Waals surface area contributed by atoms with Crippen LogP contribution in [0.3, 0.4) is 0 Å². The van der Waals surface area contributed by atoms with Crippen LogP contribution in [0.2, 0.25) is 0 Å². The molecule has 5 rings (SSSR count). The second-order valence-corrected chi connectivity index (χ2v) is 9.95. The first kappa shape index (κ1) is 21.4. The van der Waals surface area contributed by atoms with Crippen molar-refractivity contribution >= 4 is 37.9 Å². The summed E-state index contributed by atoms with van der Waals surface area (Å²) in [6.07, 6.45) is 2.14. The van der Waals surface area contributed by atoms with Gasteiger partial charge in [0.1, 0.15) is 5.82 Å². The van der Waals surface area contributed by atoms with Gasteiger partial charge in [0.2, 0.25) is 0 Å². The molecule has 0 amide bonds. The topological polar surface area (TPSA) is 95.8 Å². The monoisotopic (exact) mass is 473 g/mol. The van der Waals surface area contributed by atoms with E-state index in [1.807, 2.05) is 0 Å². The molecule has 0 radical (unpaired) electrons. The van der Waals surface area contributed by atoms with E-state index in [1.165, 1.54) is 23.6 Å². The van der Waals surface area contributed by atoms with Gasteiger partial charge in [-0.3, -0.25) is 15.2 Å². The van der Waals surface area contributed by atoms with Gasteiger partial charge in [-0.25, -0.2) is 17.2 Å². The standard InChI is InChI=1S/C22H21F2N5O3S/c1-3-33(31,32)27-15-11-16-20-18(29(26-16)17-5-4-12(23)10-14(17)24)6-8-25-21(20)19-13(15)7-9-28(2)22(19)30/h4-5,7,9-11,18,25-26H,3,6,8H2,1-2H3. The molecule has 1 aromatic heterocycles. The highest BCUT2D eigenvalue weighted by Gasteiger charge is 2.37. The van der Waals surface area contributed by atoms with E-state index in [9.17, 15) is 22.0 Å². The maximum atomic E-state index is 14.7. The van der Waals surface area contributed by atoms with Crippen molar-refractivity contribution in [3.05, 3.63) is 69.4 Å². The Hall–Kier alpha value is -3.47. The number of fused-ring (bicyclic) bond motifs is 2. The highest BCUT2D eigenvalue weighted by atomic mass is 32.2. The quantitative estimate of drug-likeness (QED) is 0.608. The van der Waals surface area contributed by atoms with Gasteiger partial charge in [-0.2, -0.15) is 4.40 Å². The second-order valence-electron chi connectivity index (χ2n) is 8.02. The highest BCUT2D eigenvalue weighted by molar-refractivity contribution is 7.89. The van der Waals surface area contributed by atoms with Crippen LogP contribution in [0.15, 0.2) is 45.7 Å². The molecule has 0 spiro atoms. The van der Waals surface area contributed by atoms with E-state index < -0.39 is 21.7 Å². The Kier molecular flexibility index (Phi) is 4.89. The van der Waals surface area contributed by atoms with Crippen molar-refractivity contribution in [2.75, 3.05) is 28.0 Å². The van der Waals surface area contributed by atoms with E-state index in [2.05, 4.69) is 15.1 Å². The Morgan fingerprint density at radius 2 is 2.00 bits per heavy atom. The third kappa shape index (κ3) is 3.43. The van der Waals surface area contributed by atoms with Crippen molar-refractivity contribution in [1.29, 1.82) is 0 Å². The first-order valence-electron chi connectivity index (χ1n) is 10.4. The zero-order chi connectivity index (χ0) is 23.5.